The molecule has 1 rings (SSSR count). The molecule has 0 spiro atoms. The fraction of sp³-hybridized carbons (Fsp3) is 0.538. The highest BCUT2D eigenvalue weighted by Gasteiger charge is 2.29. The Hall–Kier alpha value is -1.06. The Balaban J connectivity index is 3.16. The van der Waals surface area contributed by atoms with Crippen molar-refractivity contribution in [2.24, 2.45) is 5.73 Å². The van der Waals surface area contributed by atoms with E-state index >= 15 is 0 Å². The summed E-state index contributed by atoms with van der Waals surface area (Å²) in [5, 5.41) is 0. The highest BCUT2D eigenvalue weighted by Crippen LogP contribution is 2.32. The van der Waals surface area contributed by atoms with Gasteiger partial charge < -0.3 is 15.2 Å². The Labute approximate surface area is 97.6 Å². The molecule has 90 valence electrons. The summed E-state index contributed by atoms with van der Waals surface area (Å²) in [5.74, 6) is 0.809. The molecule has 0 aliphatic rings. The van der Waals surface area contributed by atoms with E-state index in [0.717, 1.165) is 16.9 Å². The van der Waals surface area contributed by atoms with Crippen LogP contribution in [0, 0.1) is 6.92 Å². The largest absolute Gasteiger partial charge is 0.496 e. The molecule has 0 bridgehead atoms. The smallest absolute Gasteiger partial charge is 0.123 e. The van der Waals surface area contributed by atoms with Crippen molar-refractivity contribution in [2.75, 3.05) is 14.2 Å². The van der Waals surface area contributed by atoms with Crippen LogP contribution in [0.2, 0.25) is 0 Å². The van der Waals surface area contributed by atoms with Gasteiger partial charge in [-0.1, -0.05) is 17.7 Å². The van der Waals surface area contributed by atoms with Crippen molar-refractivity contribution in [1.29, 1.82) is 0 Å². The SMILES string of the molecule is COc1ccc(C)cc1C(N)C(C)(C)OC. The first-order valence-corrected chi connectivity index (χ1v) is 5.37. The Morgan fingerprint density at radius 3 is 2.38 bits per heavy atom. The van der Waals surface area contributed by atoms with Gasteiger partial charge in [-0.25, -0.2) is 0 Å². The van der Waals surface area contributed by atoms with Gasteiger partial charge in [0.15, 0.2) is 0 Å². The average molecular weight is 223 g/mol. The molecule has 16 heavy (non-hydrogen) atoms. The van der Waals surface area contributed by atoms with Gasteiger partial charge in [0, 0.05) is 12.7 Å². The molecule has 0 aliphatic carbocycles. The van der Waals surface area contributed by atoms with Gasteiger partial charge >= 0.3 is 0 Å². The van der Waals surface area contributed by atoms with Crippen molar-refractivity contribution in [3.05, 3.63) is 29.3 Å². The van der Waals surface area contributed by atoms with Gasteiger partial charge in [-0.05, 0) is 26.8 Å². The van der Waals surface area contributed by atoms with E-state index < -0.39 is 5.60 Å². The summed E-state index contributed by atoms with van der Waals surface area (Å²) in [6, 6.07) is 5.78. The van der Waals surface area contributed by atoms with Crippen LogP contribution in [0.4, 0.5) is 0 Å². The molecule has 0 aliphatic heterocycles. The zero-order valence-corrected chi connectivity index (χ0v) is 10.7. The minimum absolute atomic E-state index is 0.215. The van der Waals surface area contributed by atoms with E-state index in [1.807, 2.05) is 39.0 Å². The van der Waals surface area contributed by atoms with Crippen LogP contribution in [0.5, 0.6) is 5.75 Å². The molecule has 3 nitrogen and oxygen atoms in total. The van der Waals surface area contributed by atoms with Crippen molar-refractivity contribution >= 4 is 0 Å². The molecular weight excluding hydrogens is 202 g/mol. The van der Waals surface area contributed by atoms with Gasteiger partial charge in [0.1, 0.15) is 5.75 Å². The normalized spacial score (nSPS) is 13.6. The quantitative estimate of drug-likeness (QED) is 0.852. The molecule has 1 aromatic carbocycles. The van der Waals surface area contributed by atoms with Crippen molar-refractivity contribution < 1.29 is 9.47 Å². The van der Waals surface area contributed by atoms with E-state index in [9.17, 15) is 0 Å². The third-order valence-electron chi connectivity index (χ3n) is 3.00. The molecule has 0 heterocycles. The zero-order chi connectivity index (χ0) is 12.3. The van der Waals surface area contributed by atoms with Crippen LogP contribution in [0.15, 0.2) is 18.2 Å². The topological polar surface area (TPSA) is 44.5 Å². The third kappa shape index (κ3) is 2.54. The van der Waals surface area contributed by atoms with E-state index in [1.54, 1.807) is 14.2 Å². The molecular formula is C13H21NO2. The fourth-order valence-electron chi connectivity index (χ4n) is 1.60. The second-order valence-electron chi connectivity index (χ2n) is 4.53. The van der Waals surface area contributed by atoms with Gasteiger partial charge in [0.25, 0.3) is 0 Å². The zero-order valence-electron chi connectivity index (χ0n) is 10.7. The number of hydrogen-bond acceptors (Lipinski definition) is 3. The van der Waals surface area contributed by atoms with Crippen LogP contribution in [0.1, 0.15) is 31.0 Å². The molecule has 0 saturated heterocycles. The Morgan fingerprint density at radius 2 is 1.88 bits per heavy atom. The molecule has 0 radical (unpaired) electrons. The van der Waals surface area contributed by atoms with Crippen LogP contribution in [0.3, 0.4) is 0 Å². The van der Waals surface area contributed by atoms with Crippen molar-refractivity contribution in [3.63, 3.8) is 0 Å². The first-order chi connectivity index (χ1) is 7.42. The molecule has 2 N–H and O–H groups in total. The molecule has 0 fully saturated rings. The van der Waals surface area contributed by atoms with Gasteiger partial charge in [0.05, 0.1) is 18.8 Å². The minimum Gasteiger partial charge on any atom is -0.496 e. The second kappa shape index (κ2) is 4.85. The standard InChI is InChI=1S/C13H21NO2/c1-9-6-7-11(15-4)10(8-9)12(14)13(2,3)16-5/h6-8,12H,14H2,1-5H3. The lowest BCUT2D eigenvalue weighted by molar-refractivity contribution is -0.000586. The Kier molecular flexibility index (Phi) is 3.94. The maximum absolute atomic E-state index is 6.22. The van der Waals surface area contributed by atoms with Crippen LogP contribution >= 0.6 is 0 Å². The number of methoxy groups -OCH3 is 2. The first kappa shape index (κ1) is 13.0. The predicted molar refractivity (Wildman–Crippen MR) is 65.7 cm³/mol. The third-order valence-corrected chi connectivity index (χ3v) is 3.00. The van der Waals surface area contributed by atoms with Crippen molar-refractivity contribution in [2.45, 2.75) is 32.4 Å². The number of nitrogens with two attached hydrogens (primary N) is 1. The average Bonchev–Trinajstić information content (AvgIpc) is 2.28. The second-order valence-corrected chi connectivity index (χ2v) is 4.53. The summed E-state index contributed by atoms with van der Waals surface area (Å²) >= 11 is 0. The summed E-state index contributed by atoms with van der Waals surface area (Å²) < 4.78 is 10.7. The van der Waals surface area contributed by atoms with Gasteiger partial charge in [-0.3, -0.25) is 0 Å². The predicted octanol–water partition coefficient (Wildman–Crippen LogP) is 2.43. The van der Waals surface area contributed by atoms with Crippen LogP contribution < -0.4 is 10.5 Å². The van der Waals surface area contributed by atoms with E-state index in [-0.39, 0.29) is 6.04 Å². The van der Waals surface area contributed by atoms with Crippen LogP contribution in [-0.2, 0) is 4.74 Å². The van der Waals surface area contributed by atoms with Gasteiger partial charge in [-0.2, -0.15) is 0 Å². The molecule has 0 aromatic heterocycles. The monoisotopic (exact) mass is 223 g/mol. The highest BCUT2D eigenvalue weighted by molar-refractivity contribution is 5.40. The van der Waals surface area contributed by atoms with Crippen LogP contribution in [0.25, 0.3) is 0 Å². The minimum atomic E-state index is -0.416. The fourth-order valence-corrected chi connectivity index (χ4v) is 1.60. The van der Waals surface area contributed by atoms with Crippen LogP contribution in [-0.4, -0.2) is 19.8 Å². The molecule has 0 amide bonds. The lowest BCUT2D eigenvalue weighted by Crippen LogP contribution is -2.37. The number of ether oxygens (including phenoxy) is 2. The van der Waals surface area contributed by atoms with E-state index in [1.165, 1.54) is 0 Å². The van der Waals surface area contributed by atoms with Crippen molar-refractivity contribution in [3.8, 4) is 5.75 Å². The maximum atomic E-state index is 6.22. The van der Waals surface area contributed by atoms with Gasteiger partial charge in [-0.15, -0.1) is 0 Å². The summed E-state index contributed by atoms with van der Waals surface area (Å²) in [5.41, 5.74) is 7.95. The van der Waals surface area contributed by atoms with E-state index in [2.05, 4.69) is 0 Å². The lowest BCUT2D eigenvalue weighted by atomic mass is 9.91. The highest BCUT2D eigenvalue weighted by atomic mass is 16.5. The summed E-state index contributed by atoms with van der Waals surface area (Å²) in [4.78, 5) is 0. The van der Waals surface area contributed by atoms with Crippen molar-refractivity contribution in [1.82, 2.24) is 0 Å². The lowest BCUT2D eigenvalue weighted by Gasteiger charge is -2.31. The molecule has 1 unspecified atom stereocenters. The first-order valence-electron chi connectivity index (χ1n) is 5.37. The number of benzene rings is 1. The summed E-state index contributed by atoms with van der Waals surface area (Å²) in [6.07, 6.45) is 0. The van der Waals surface area contributed by atoms with E-state index in [4.69, 9.17) is 15.2 Å². The molecule has 1 aromatic rings. The summed E-state index contributed by atoms with van der Waals surface area (Å²) in [7, 11) is 3.32. The van der Waals surface area contributed by atoms with E-state index in [0.29, 0.717) is 0 Å². The van der Waals surface area contributed by atoms with Gasteiger partial charge in [0.2, 0.25) is 0 Å². The molecule has 1 atom stereocenters. The number of hydrogen-bond donors (Lipinski definition) is 1. The molecule has 3 heteroatoms. The Bertz CT molecular complexity index is 361. The number of aryl methyl sites for hydroxylation is 1. The maximum Gasteiger partial charge on any atom is 0.123 e. The number of rotatable bonds is 4. The summed E-state index contributed by atoms with van der Waals surface area (Å²) in [6.45, 7) is 5.98. The molecule has 0 saturated carbocycles. The Morgan fingerprint density at radius 1 is 1.25 bits per heavy atom.